The lowest BCUT2D eigenvalue weighted by Crippen LogP contribution is -2.35. The summed E-state index contributed by atoms with van der Waals surface area (Å²) in [6, 6.07) is 12.3. The van der Waals surface area contributed by atoms with Crippen LogP contribution in [0.3, 0.4) is 0 Å². The van der Waals surface area contributed by atoms with Gasteiger partial charge in [-0.3, -0.25) is 4.79 Å². The average molecular weight is 345 g/mol. The van der Waals surface area contributed by atoms with E-state index in [9.17, 15) is 4.79 Å². The van der Waals surface area contributed by atoms with Crippen LogP contribution in [0.15, 0.2) is 36.4 Å². The molecule has 0 atom stereocenters. The van der Waals surface area contributed by atoms with Crippen molar-refractivity contribution in [3.05, 3.63) is 58.7 Å². The smallest absolute Gasteiger partial charge is 0.227 e. The molecule has 4 heteroatoms. The van der Waals surface area contributed by atoms with E-state index in [1.165, 1.54) is 16.7 Å². The van der Waals surface area contributed by atoms with Gasteiger partial charge in [-0.1, -0.05) is 29.8 Å². The highest BCUT2D eigenvalue weighted by Gasteiger charge is 2.23. The van der Waals surface area contributed by atoms with Gasteiger partial charge in [0.1, 0.15) is 0 Å². The molecule has 0 fully saturated rings. The molecule has 2 aromatic rings. The number of nitrogens with zero attached hydrogens (tertiary/aromatic N) is 1. The van der Waals surface area contributed by atoms with Crippen LogP contribution in [0.1, 0.15) is 35.1 Å². The second kappa shape index (κ2) is 7.71. The Morgan fingerprint density at radius 1 is 1.21 bits per heavy atom. The van der Waals surface area contributed by atoms with Crippen LogP contribution < -0.4 is 10.6 Å². The van der Waals surface area contributed by atoms with Crippen molar-refractivity contribution in [1.29, 1.82) is 0 Å². The third-order valence-corrected chi connectivity index (χ3v) is 4.69. The first kappa shape index (κ1) is 18.3. The van der Waals surface area contributed by atoms with Crippen molar-refractivity contribution < 1.29 is 4.79 Å². The first-order chi connectivity index (χ1) is 11.1. The quantitative estimate of drug-likeness (QED) is 0.847. The molecule has 128 valence electrons. The second-order valence-corrected chi connectivity index (χ2v) is 6.42. The van der Waals surface area contributed by atoms with Crippen LogP contribution in [-0.2, 0) is 17.6 Å². The number of anilines is 2. The molecule has 3 rings (SSSR count). The second-order valence-electron chi connectivity index (χ2n) is 6.42. The Kier molecular flexibility index (Phi) is 5.89. The predicted octanol–water partition coefficient (Wildman–Crippen LogP) is 4.22. The Bertz CT molecular complexity index is 742. The van der Waals surface area contributed by atoms with E-state index in [-0.39, 0.29) is 18.3 Å². The number of hydrogen-bond acceptors (Lipinski definition) is 2. The summed E-state index contributed by atoms with van der Waals surface area (Å²) in [6.07, 6.45) is 3.27. The van der Waals surface area contributed by atoms with Gasteiger partial charge >= 0.3 is 0 Å². The first-order valence-corrected chi connectivity index (χ1v) is 8.30. The summed E-state index contributed by atoms with van der Waals surface area (Å²) in [5.41, 5.74) is 12.8. The highest BCUT2D eigenvalue weighted by atomic mass is 35.5. The minimum Gasteiger partial charge on any atom is -0.398 e. The lowest BCUT2D eigenvalue weighted by atomic mass is 9.98. The van der Waals surface area contributed by atoms with E-state index in [2.05, 4.69) is 32.0 Å². The van der Waals surface area contributed by atoms with E-state index in [0.717, 1.165) is 42.7 Å². The molecule has 0 aliphatic carbocycles. The molecule has 2 aromatic carbocycles. The van der Waals surface area contributed by atoms with Gasteiger partial charge in [0.15, 0.2) is 0 Å². The fraction of sp³-hybridized carbons (Fsp3) is 0.350. The summed E-state index contributed by atoms with van der Waals surface area (Å²) in [6.45, 7) is 5.00. The SMILES string of the molecule is Cc1ccc(CCC(=O)N2CCCc3c(N)cccc32)c(C)c1.Cl. The maximum absolute atomic E-state index is 12.7. The standard InChI is InChI=1S/C20H24N2O.ClH/c1-14-8-9-16(15(2)13-14)10-11-20(23)22-12-4-5-17-18(21)6-3-7-19(17)22;/h3,6-9,13H,4-5,10-12,21H2,1-2H3;1H. The summed E-state index contributed by atoms with van der Waals surface area (Å²) in [4.78, 5) is 14.6. The number of nitrogen functional groups attached to an aromatic ring is 1. The highest BCUT2D eigenvalue weighted by Crippen LogP contribution is 2.31. The highest BCUT2D eigenvalue weighted by molar-refractivity contribution is 5.95. The number of benzene rings is 2. The van der Waals surface area contributed by atoms with Crippen molar-refractivity contribution in [2.75, 3.05) is 17.2 Å². The van der Waals surface area contributed by atoms with Gasteiger partial charge in [0.2, 0.25) is 5.91 Å². The van der Waals surface area contributed by atoms with Crippen LogP contribution in [0.2, 0.25) is 0 Å². The van der Waals surface area contributed by atoms with Gasteiger partial charge in [0, 0.05) is 24.3 Å². The van der Waals surface area contributed by atoms with Crippen LogP contribution in [0.5, 0.6) is 0 Å². The lowest BCUT2D eigenvalue weighted by molar-refractivity contribution is -0.118. The van der Waals surface area contributed by atoms with Crippen LogP contribution in [0, 0.1) is 13.8 Å². The van der Waals surface area contributed by atoms with Gasteiger partial charge in [-0.25, -0.2) is 0 Å². The zero-order chi connectivity index (χ0) is 16.4. The lowest BCUT2D eigenvalue weighted by Gasteiger charge is -2.30. The van der Waals surface area contributed by atoms with E-state index in [4.69, 9.17) is 5.73 Å². The van der Waals surface area contributed by atoms with Gasteiger partial charge < -0.3 is 10.6 Å². The van der Waals surface area contributed by atoms with Crippen LogP contribution >= 0.6 is 12.4 Å². The summed E-state index contributed by atoms with van der Waals surface area (Å²) in [5, 5.41) is 0. The van der Waals surface area contributed by atoms with Crippen molar-refractivity contribution in [3.63, 3.8) is 0 Å². The van der Waals surface area contributed by atoms with Crippen LogP contribution in [0.25, 0.3) is 0 Å². The third kappa shape index (κ3) is 3.73. The molecule has 0 spiro atoms. The molecule has 24 heavy (non-hydrogen) atoms. The molecule has 0 saturated carbocycles. The molecular formula is C20H25ClN2O. The summed E-state index contributed by atoms with van der Waals surface area (Å²) < 4.78 is 0. The molecule has 2 N–H and O–H groups in total. The minimum atomic E-state index is 0. The van der Waals surface area contributed by atoms with E-state index in [1.54, 1.807) is 0 Å². The molecule has 0 saturated heterocycles. The van der Waals surface area contributed by atoms with E-state index in [1.807, 2.05) is 23.1 Å². The molecule has 3 nitrogen and oxygen atoms in total. The Morgan fingerprint density at radius 2 is 2.00 bits per heavy atom. The largest absolute Gasteiger partial charge is 0.398 e. The molecule has 1 aliphatic heterocycles. The van der Waals surface area contributed by atoms with E-state index >= 15 is 0 Å². The average Bonchev–Trinajstić information content (AvgIpc) is 2.54. The summed E-state index contributed by atoms with van der Waals surface area (Å²) in [5.74, 6) is 0.191. The van der Waals surface area contributed by atoms with Crippen molar-refractivity contribution in [2.45, 2.75) is 39.5 Å². The fourth-order valence-corrected chi connectivity index (χ4v) is 3.41. The predicted molar refractivity (Wildman–Crippen MR) is 103 cm³/mol. The number of hydrogen-bond donors (Lipinski definition) is 1. The van der Waals surface area contributed by atoms with E-state index in [0.29, 0.717) is 6.42 Å². The van der Waals surface area contributed by atoms with Gasteiger partial charge in [-0.2, -0.15) is 0 Å². The summed E-state index contributed by atoms with van der Waals surface area (Å²) in [7, 11) is 0. The molecular weight excluding hydrogens is 320 g/mol. The van der Waals surface area contributed by atoms with Crippen molar-refractivity contribution in [2.24, 2.45) is 0 Å². The van der Waals surface area contributed by atoms with Crippen LogP contribution in [-0.4, -0.2) is 12.5 Å². The van der Waals surface area contributed by atoms with Gasteiger partial charge in [0.25, 0.3) is 0 Å². The molecule has 1 aliphatic rings. The number of nitrogens with two attached hydrogens (primary N) is 1. The number of carbonyl (C=O) groups excluding carboxylic acids is 1. The monoisotopic (exact) mass is 344 g/mol. The van der Waals surface area contributed by atoms with E-state index < -0.39 is 0 Å². The van der Waals surface area contributed by atoms with Gasteiger partial charge in [0.05, 0.1) is 0 Å². The number of carbonyl (C=O) groups is 1. The fourth-order valence-electron chi connectivity index (χ4n) is 3.41. The Morgan fingerprint density at radius 3 is 2.75 bits per heavy atom. The Hall–Kier alpha value is -2.00. The van der Waals surface area contributed by atoms with Gasteiger partial charge in [-0.05, 0) is 61.9 Å². The maximum atomic E-state index is 12.7. The molecule has 0 aromatic heterocycles. The molecule has 1 amide bonds. The molecule has 1 heterocycles. The van der Waals surface area contributed by atoms with Gasteiger partial charge in [-0.15, -0.1) is 12.4 Å². The topological polar surface area (TPSA) is 46.3 Å². The normalized spacial score (nSPS) is 13.2. The minimum absolute atomic E-state index is 0. The Balaban J connectivity index is 0.00000208. The first-order valence-electron chi connectivity index (χ1n) is 8.30. The van der Waals surface area contributed by atoms with Crippen molar-refractivity contribution >= 4 is 29.7 Å². The molecule has 0 radical (unpaired) electrons. The maximum Gasteiger partial charge on any atom is 0.227 e. The third-order valence-electron chi connectivity index (χ3n) is 4.69. The van der Waals surface area contributed by atoms with Crippen molar-refractivity contribution in [1.82, 2.24) is 0 Å². The zero-order valence-electron chi connectivity index (χ0n) is 14.3. The van der Waals surface area contributed by atoms with Crippen LogP contribution in [0.4, 0.5) is 11.4 Å². The van der Waals surface area contributed by atoms with Crippen molar-refractivity contribution in [3.8, 4) is 0 Å². The number of fused-ring (bicyclic) bond motifs is 1. The number of amides is 1. The Labute approximate surface area is 150 Å². The number of aryl methyl sites for hydroxylation is 3. The number of halogens is 1. The molecule has 0 bridgehead atoms. The number of rotatable bonds is 3. The summed E-state index contributed by atoms with van der Waals surface area (Å²) >= 11 is 0. The molecule has 0 unspecified atom stereocenters. The zero-order valence-corrected chi connectivity index (χ0v) is 15.2.